The van der Waals surface area contributed by atoms with E-state index < -0.39 is 0 Å². The molecule has 48 heavy (non-hydrogen) atoms. The van der Waals surface area contributed by atoms with Crippen molar-refractivity contribution in [3.8, 4) is 11.5 Å². The van der Waals surface area contributed by atoms with Gasteiger partial charge in [0.15, 0.2) is 23.3 Å². The van der Waals surface area contributed by atoms with E-state index in [0.29, 0.717) is 36.2 Å². The smallest absolute Gasteiger partial charge is 0.190 e. The van der Waals surface area contributed by atoms with Gasteiger partial charge in [-0.3, -0.25) is 5.32 Å². The molecule has 0 amide bonds. The lowest BCUT2D eigenvalue weighted by atomic mass is 9.66. The largest absolute Gasteiger partial charge is 0.592 e. The second kappa shape index (κ2) is 15.9. The molecule has 264 valence electrons. The van der Waals surface area contributed by atoms with Gasteiger partial charge in [-0.25, -0.2) is 0 Å². The molecular formula is C40H59N3O5. The summed E-state index contributed by atoms with van der Waals surface area (Å²) in [6.07, 6.45) is 18.9. The van der Waals surface area contributed by atoms with E-state index in [1.807, 2.05) is 32.2 Å². The molecular weight excluding hydrogens is 602 g/mol. The zero-order valence-corrected chi connectivity index (χ0v) is 29.5. The highest BCUT2D eigenvalue weighted by Gasteiger charge is 2.57. The summed E-state index contributed by atoms with van der Waals surface area (Å²) in [6, 6.07) is 6.49. The summed E-state index contributed by atoms with van der Waals surface area (Å²) in [4.78, 5) is 5.36. The number of benzene rings is 1. The highest BCUT2D eigenvalue weighted by Crippen LogP contribution is 2.60. The van der Waals surface area contributed by atoms with Gasteiger partial charge < -0.3 is 30.1 Å². The van der Waals surface area contributed by atoms with Gasteiger partial charge in [0.25, 0.3) is 0 Å². The predicted octanol–water partition coefficient (Wildman–Crippen LogP) is 6.21. The van der Waals surface area contributed by atoms with Gasteiger partial charge in [-0.15, -0.1) is 4.99 Å². The third-order valence-corrected chi connectivity index (χ3v) is 11.9. The van der Waals surface area contributed by atoms with E-state index in [1.54, 1.807) is 6.07 Å². The molecule has 3 saturated carbocycles. The van der Waals surface area contributed by atoms with Gasteiger partial charge in [0.2, 0.25) is 0 Å². The first-order valence-electron chi connectivity index (χ1n) is 18.8. The summed E-state index contributed by atoms with van der Waals surface area (Å²) in [6.45, 7) is 5.89. The minimum absolute atomic E-state index is 0.0129. The van der Waals surface area contributed by atoms with Crippen LogP contribution in [0.5, 0.6) is 11.5 Å². The highest BCUT2D eigenvalue weighted by molar-refractivity contribution is 6.04. The lowest BCUT2D eigenvalue weighted by Gasteiger charge is -2.37. The van der Waals surface area contributed by atoms with Crippen LogP contribution < -0.4 is 15.4 Å². The molecule has 6 unspecified atom stereocenters. The van der Waals surface area contributed by atoms with Gasteiger partial charge in [-0.1, -0.05) is 57.3 Å². The van der Waals surface area contributed by atoms with Gasteiger partial charge in [0.1, 0.15) is 18.2 Å². The van der Waals surface area contributed by atoms with Crippen LogP contribution in [0, 0.1) is 35.1 Å². The topological polar surface area (TPSA) is 116 Å². The van der Waals surface area contributed by atoms with Crippen LogP contribution in [0.15, 0.2) is 46.7 Å². The maximum atomic E-state index is 10.7. The molecule has 5 N–H and O–H groups in total. The quantitative estimate of drug-likeness (QED) is 0.134. The molecule has 0 aromatic heterocycles. The summed E-state index contributed by atoms with van der Waals surface area (Å²) in [5.41, 5.74) is 4.11. The number of ether oxygens (including phenoxy) is 2. The number of likely N-dealkylation sites (N-methyl/N-ethyl adjacent to an activating group) is 1. The number of unbranched alkanes of at least 4 members (excludes halogenated alkanes) is 1. The van der Waals surface area contributed by atoms with Crippen molar-refractivity contribution in [1.82, 2.24) is 10.6 Å². The molecule has 0 saturated heterocycles. The van der Waals surface area contributed by atoms with E-state index in [1.165, 1.54) is 56.2 Å². The van der Waals surface area contributed by atoms with E-state index in [4.69, 9.17) is 14.5 Å². The van der Waals surface area contributed by atoms with Crippen molar-refractivity contribution >= 4 is 5.71 Å². The molecule has 1 spiro atoms. The molecule has 0 bridgehead atoms. The van der Waals surface area contributed by atoms with E-state index in [9.17, 15) is 15.3 Å². The van der Waals surface area contributed by atoms with Crippen LogP contribution in [0.4, 0.5) is 0 Å². The lowest BCUT2D eigenvalue weighted by molar-refractivity contribution is 0.115. The van der Waals surface area contributed by atoms with Crippen molar-refractivity contribution in [2.45, 2.75) is 116 Å². The van der Waals surface area contributed by atoms with Crippen LogP contribution in [0.25, 0.3) is 0 Å². The summed E-state index contributed by atoms with van der Waals surface area (Å²) >= 11 is 0. The van der Waals surface area contributed by atoms with Crippen molar-refractivity contribution in [3.05, 3.63) is 59.2 Å². The maximum Gasteiger partial charge on any atom is 0.190 e. The standard InChI is InChI=1S/C40H59N3O5/c1-4-5-11-38-28(24-44)19-29(48-38)14-12-27-13-15-37(46)39(18-27)47-25-36(41-3)34-20-31-32(23-42-22-26(2)45)30-9-8-10-33(30)40(16-6-7-17-40)21-35(31)43-34/h13,15,18-20,26,30,32-33,36,38,41-42,44-46H,4-12,14,16-17,21-25H2,1-3H3. The molecule has 8 nitrogen and oxygen atoms in total. The van der Waals surface area contributed by atoms with Crippen LogP contribution in [0.3, 0.4) is 0 Å². The third kappa shape index (κ3) is 7.72. The Bertz CT molecular complexity index is 1320. The number of phenolic OH excluding ortho intramolecular Hbond substituents is 1. The Morgan fingerprint density at radius 2 is 2.02 bits per heavy atom. The Labute approximate surface area is 288 Å². The Morgan fingerprint density at radius 3 is 2.77 bits per heavy atom. The number of aliphatic hydroxyl groups is 2. The molecule has 3 fully saturated rings. The SMILES string of the molecule is CCCCC1OC(CCc2ccc(O)c(OCC(NC)[C+]3C=C4C(=N3)CC3(CCCC3)C3CCCC3C4CNCC(C)O)c2)=C[C-]1CO. The minimum atomic E-state index is -0.362. The number of rotatable bonds is 16. The van der Waals surface area contributed by atoms with Crippen molar-refractivity contribution in [3.63, 3.8) is 0 Å². The Kier molecular flexibility index (Phi) is 11.7. The summed E-state index contributed by atoms with van der Waals surface area (Å²) in [5.74, 6) is 4.31. The second-order valence-electron chi connectivity index (χ2n) is 15.2. The summed E-state index contributed by atoms with van der Waals surface area (Å²) in [5, 5.41) is 37.6. The molecule has 5 aliphatic rings. The first-order valence-corrected chi connectivity index (χ1v) is 18.8. The fraction of sp³-hybridized carbons (Fsp3) is 0.675. The summed E-state index contributed by atoms with van der Waals surface area (Å²) in [7, 11) is 1.96. The number of aromatic hydroxyl groups is 1. The molecule has 6 rings (SSSR count). The number of aryl methyl sites for hydroxylation is 1. The number of nitrogens with one attached hydrogen (secondary N) is 2. The van der Waals surface area contributed by atoms with Gasteiger partial charge >= 0.3 is 0 Å². The van der Waals surface area contributed by atoms with Crippen LogP contribution in [-0.4, -0.2) is 72.6 Å². The van der Waals surface area contributed by atoms with Gasteiger partial charge in [0.05, 0.1) is 24.5 Å². The zero-order valence-electron chi connectivity index (χ0n) is 29.5. The average Bonchev–Trinajstić information content (AvgIpc) is 3.89. The van der Waals surface area contributed by atoms with Gasteiger partial charge in [-0.05, 0) is 87.4 Å². The van der Waals surface area contributed by atoms with Crippen molar-refractivity contribution in [2.24, 2.45) is 28.2 Å². The van der Waals surface area contributed by atoms with Crippen molar-refractivity contribution < 1.29 is 24.8 Å². The Morgan fingerprint density at radius 1 is 1.19 bits per heavy atom. The highest BCUT2D eigenvalue weighted by atomic mass is 16.5. The second-order valence-corrected chi connectivity index (χ2v) is 15.2. The van der Waals surface area contributed by atoms with E-state index in [0.717, 1.165) is 74.3 Å². The number of phenols is 1. The molecule has 2 heterocycles. The van der Waals surface area contributed by atoms with Crippen LogP contribution in [0.1, 0.15) is 96.5 Å². The number of aliphatic imine (C=N–C) groups is 1. The average molecular weight is 662 g/mol. The number of hydrogen-bond acceptors (Lipinski definition) is 8. The lowest BCUT2D eigenvalue weighted by Crippen LogP contribution is -2.37. The number of fused-ring (bicyclic) bond motifs is 3. The van der Waals surface area contributed by atoms with E-state index >= 15 is 0 Å². The fourth-order valence-corrected chi connectivity index (χ4v) is 9.49. The summed E-state index contributed by atoms with van der Waals surface area (Å²) < 4.78 is 12.5. The first-order chi connectivity index (χ1) is 23.3. The van der Waals surface area contributed by atoms with Crippen LogP contribution >= 0.6 is 0 Å². The van der Waals surface area contributed by atoms with Crippen LogP contribution in [-0.2, 0) is 11.2 Å². The maximum absolute atomic E-state index is 10.7. The van der Waals surface area contributed by atoms with Gasteiger partial charge in [-0.2, -0.15) is 12.0 Å². The number of allylic oxidation sites excluding steroid dienone is 1. The van der Waals surface area contributed by atoms with Crippen molar-refractivity contribution in [1.29, 1.82) is 0 Å². The zero-order chi connectivity index (χ0) is 33.7. The minimum Gasteiger partial charge on any atom is -0.592 e. The van der Waals surface area contributed by atoms with Crippen LogP contribution in [0.2, 0.25) is 0 Å². The number of hydrogen-bond donors (Lipinski definition) is 5. The molecule has 0 radical (unpaired) electrons. The van der Waals surface area contributed by atoms with Crippen molar-refractivity contribution in [2.75, 3.05) is 33.4 Å². The molecule has 2 aliphatic heterocycles. The normalized spacial score (nSPS) is 27.2. The van der Waals surface area contributed by atoms with E-state index in [-0.39, 0.29) is 30.6 Å². The number of aliphatic hydroxyl groups excluding tert-OH is 2. The molecule has 1 aromatic carbocycles. The van der Waals surface area contributed by atoms with Gasteiger partial charge in [0, 0.05) is 25.8 Å². The molecule has 6 atom stereocenters. The Balaban J connectivity index is 1.13. The molecule has 3 aliphatic carbocycles. The molecule has 8 heteroatoms. The molecule has 1 aromatic rings. The predicted molar refractivity (Wildman–Crippen MR) is 191 cm³/mol. The monoisotopic (exact) mass is 661 g/mol. The van der Waals surface area contributed by atoms with E-state index in [2.05, 4.69) is 23.6 Å². The fourth-order valence-electron chi connectivity index (χ4n) is 9.49. The number of nitrogens with zero attached hydrogens (tertiary/aromatic N) is 1. The third-order valence-electron chi connectivity index (χ3n) is 11.9. The first kappa shape index (κ1) is 35.2. The Hall–Kier alpha value is -2.65.